The molecule has 0 aromatic rings. The molecule has 0 aromatic carbocycles. The smallest absolute Gasteiger partial charge is 0.549 e. The van der Waals surface area contributed by atoms with Crippen molar-refractivity contribution < 1.29 is 57.5 Å². The van der Waals surface area contributed by atoms with Crippen molar-refractivity contribution in [1.29, 1.82) is 0 Å². The number of carboxylic acids is 2. The van der Waals surface area contributed by atoms with Crippen molar-refractivity contribution in [3.63, 3.8) is 0 Å². The van der Waals surface area contributed by atoms with E-state index in [9.17, 15) is 19.8 Å². The topological polar surface area (TPSA) is 80.3 Å². The quantitative estimate of drug-likeness (QED) is 0.187. The Kier molecular flexibility index (Phi) is 20.6. The molecule has 0 atom stereocenters. The van der Waals surface area contributed by atoms with Gasteiger partial charge in [-0.25, -0.2) is 0 Å². The minimum Gasteiger partial charge on any atom is -0.549 e. The van der Waals surface area contributed by atoms with Gasteiger partial charge in [0.15, 0.2) is 0 Å². The summed E-state index contributed by atoms with van der Waals surface area (Å²) in [6.07, 6.45) is 9.65. The van der Waals surface area contributed by atoms with E-state index in [0.29, 0.717) is 12.8 Å². The molecule has 0 N–H and O–H groups in total. The molecule has 0 aliphatic heterocycles. The first-order valence-corrected chi connectivity index (χ1v) is 8.44. The van der Waals surface area contributed by atoms with Gasteiger partial charge in [0, 0.05) is 5.41 Å². The summed E-state index contributed by atoms with van der Waals surface area (Å²) in [6.45, 7) is 4.20. The molecule has 23 heavy (non-hydrogen) atoms. The Bertz CT molecular complexity index is 279. The zero-order valence-corrected chi connectivity index (χ0v) is 15.6. The van der Waals surface area contributed by atoms with Crippen LogP contribution in [0.4, 0.5) is 0 Å². The van der Waals surface area contributed by atoms with Crippen molar-refractivity contribution in [2.24, 2.45) is 5.41 Å². The fourth-order valence-electron chi connectivity index (χ4n) is 2.68. The third-order valence-electron chi connectivity index (χ3n) is 4.20. The molecule has 0 fully saturated rings. The Labute approximate surface area is 165 Å². The van der Waals surface area contributed by atoms with Crippen LogP contribution in [0.25, 0.3) is 0 Å². The van der Waals surface area contributed by atoms with Gasteiger partial charge in [-0.15, -0.1) is 0 Å². The van der Waals surface area contributed by atoms with Crippen molar-refractivity contribution in [3.05, 3.63) is 0 Å². The molecule has 0 aliphatic carbocycles. The van der Waals surface area contributed by atoms with E-state index in [0.717, 1.165) is 51.4 Å². The molecule has 0 aliphatic rings. The molecule has 0 spiro atoms. The second-order valence-electron chi connectivity index (χ2n) is 5.99. The van der Waals surface area contributed by atoms with E-state index in [4.69, 9.17) is 0 Å². The number of carboxylic acid groups (broad SMARTS) is 2. The summed E-state index contributed by atoms with van der Waals surface area (Å²) in [5, 5.41) is 22.7. The number of hydrogen-bond donors (Lipinski definition) is 0. The zero-order chi connectivity index (χ0) is 16.1. The van der Waals surface area contributed by atoms with E-state index < -0.39 is 17.4 Å². The monoisotopic (exact) mass is 312 g/mol. The van der Waals surface area contributed by atoms with E-state index in [1.165, 1.54) is 0 Å². The van der Waals surface area contributed by atoms with Crippen molar-refractivity contribution in [3.8, 4) is 0 Å². The number of carbonyl (C=O) groups excluding carboxylic acids is 2. The molecule has 0 saturated carbocycles. The standard InChI is InChI=1S/C17H32O4.2Li/c1-3-5-7-9-11-13-17(15(18)19,16(20)21)14-12-10-8-6-4-2;;/h3-14H2,1-2H3,(H,18,19)(H,20,21);;/q;2*+1/p-2. The van der Waals surface area contributed by atoms with Crippen LogP contribution in [-0.2, 0) is 9.59 Å². The molecule has 0 saturated heterocycles. The first kappa shape index (κ1) is 28.0. The second-order valence-corrected chi connectivity index (χ2v) is 5.99. The molecule has 0 bridgehead atoms. The molecule has 124 valence electrons. The average Bonchev–Trinajstić information content (AvgIpc) is 2.44. The van der Waals surface area contributed by atoms with Crippen molar-refractivity contribution >= 4 is 11.9 Å². The Morgan fingerprint density at radius 3 is 1.22 bits per heavy atom. The van der Waals surface area contributed by atoms with Gasteiger partial charge in [0.2, 0.25) is 0 Å². The molecular weight excluding hydrogens is 282 g/mol. The predicted octanol–water partition coefficient (Wildman–Crippen LogP) is -3.80. The Morgan fingerprint density at radius 2 is 0.957 bits per heavy atom. The van der Waals surface area contributed by atoms with Crippen LogP contribution >= 0.6 is 0 Å². The van der Waals surface area contributed by atoms with Crippen LogP contribution in [0, 0.1) is 5.41 Å². The van der Waals surface area contributed by atoms with Crippen molar-refractivity contribution in [2.75, 3.05) is 0 Å². The van der Waals surface area contributed by atoms with Crippen LogP contribution in [0.15, 0.2) is 0 Å². The summed E-state index contributed by atoms with van der Waals surface area (Å²) in [5.74, 6) is -2.96. The van der Waals surface area contributed by atoms with Gasteiger partial charge in [0.25, 0.3) is 0 Å². The summed E-state index contributed by atoms with van der Waals surface area (Å²) in [7, 11) is 0. The SMILES string of the molecule is CCCCCCCC(CCCCCCC)(C(=O)[O-])C(=O)[O-].[Li+].[Li+]. The second kappa shape index (κ2) is 17.0. The van der Waals surface area contributed by atoms with Crippen LogP contribution in [0.3, 0.4) is 0 Å². The van der Waals surface area contributed by atoms with Gasteiger partial charge in [-0.1, -0.05) is 78.1 Å². The maximum atomic E-state index is 11.4. The van der Waals surface area contributed by atoms with E-state index in [-0.39, 0.29) is 50.6 Å². The van der Waals surface area contributed by atoms with Crippen molar-refractivity contribution in [2.45, 2.75) is 90.9 Å². The summed E-state index contributed by atoms with van der Waals surface area (Å²) in [5.41, 5.74) is -1.79. The van der Waals surface area contributed by atoms with E-state index in [2.05, 4.69) is 13.8 Å². The number of hydrogen-bond acceptors (Lipinski definition) is 4. The zero-order valence-electron chi connectivity index (χ0n) is 15.6. The third-order valence-corrected chi connectivity index (χ3v) is 4.20. The molecule has 4 nitrogen and oxygen atoms in total. The normalized spacial score (nSPS) is 10.5. The molecule has 0 rings (SSSR count). The van der Waals surface area contributed by atoms with Crippen LogP contribution in [-0.4, -0.2) is 11.9 Å². The Morgan fingerprint density at radius 1 is 0.652 bits per heavy atom. The Balaban J connectivity index is -0.00000200. The molecular formula is C17H30Li2O4. The van der Waals surface area contributed by atoms with Gasteiger partial charge < -0.3 is 19.8 Å². The van der Waals surface area contributed by atoms with Gasteiger partial charge in [0.1, 0.15) is 0 Å². The average molecular weight is 312 g/mol. The van der Waals surface area contributed by atoms with Gasteiger partial charge in [0.05, 0.1) is 11.9 Å². The molecule has 0 heterocycles. The summed E-state index contributed by atoms with van der Waals surface area (Å²) < 4.78 is 0. The maximum Gasteiger partial charge on any atom is 1.00 e. The first-order chi connectivity index (χ1) is 10.0. The minimum atomic E-state index is -1.79. The summed E-state index contributed by atoms with van der Waals surface area (Å²) >= 11 is 0. The fraction of sp³-hybridized carbons (Fsp3) is 0.882. The minimum absolute atomic E-state index is 0. The molecule has 0 unspecified atom stereocenters. The molecule has 6 heteroatoms. The Hall–Kier alpha value is 0.135. The van der Waals surface area contributed by atoms with Crippen LogP contribution < -0.4 is 47.9 Å². The van der Waals surface area contributed by atoms with E-state index in [1.807, 2.05) is 0 Å². The maximum absolute atomic E-state index is 11.4. The van der Waals surface area contributed by atoms with Gasteiger partial charge in [-0.3, -0.25) is 0 Å². The van der Waals surface area contributed by atoms with Crippen molar-refractivity contribution in [1.82, 2.24) is 0 Å². The number of aliphatic carboxylic acids is 2. The number of rotatable bonds is 14. The number of carbonyl (C=O) groups is 2. The first-order valence-electron chi connectivity index (χ1n) is 8.44. The molecule has 0 radical (unpaired) electrons. The molecule has 0 aromatic heterocycles. The van der Waals surface area contributed by atoms with Crippen LogP contribution in [0.5, 0.6) is 0 Å². The fourth-order valence-corrected chi connectivity index (χ4v) is 2.68. The van der Waals surface area contributed by atoms with Gasteiger partial charge in [-0.05, 0) is 12.8 Å². The number of unbranched alkanes of at least 4 members (excludes halogenated alkanes) is 8. The predicted molar refractivity (Wildman–Crippen MR) is 79.2 cm³/mol. The third kappa shape index (κ3) is 11.3. The largest absolute Gasteiger partial charge is 1.00 e. The van der Waals surface area contributed by atoms with Crippen LogP contribution in [0.1, 0.15) is 90.9 Å². The van der Waals surface area contributed by atoms with Crippen LogP contribution in [0.2, 0.25) is 0 Å². The summed E-state index contributed by atoms with van der Waals surface area (Å²) in [4.78, 5) is 22.7. The van der Waals surface area contributed by atoms with E-state index in [1.54, 1.807) is 0 Å². The van der Waals surface area contributed by atoms with E-state index >= 15 is 0 Å². The summed E-state index contributed by atoms with van der Waals surface area (Å²) in [6, 6.07) is 0. The van der Waals surface area contributed by atoms with Gasteiger partial charge >= 0.3 is 37.7 Å². The van der Waals surface area contributed by atoms with Gasteiger partial charge in [-0.2, -0.15) is 0 Å². The molecule has 0 amide bonds.